The molecule has 0 rings (SSSR count). The Morgan fingerprint density at radius 3 is 1.69 bits per heavy atom. The molecule has 0 aliphatic carbocycles. The summed E-state index contributed by atoms with van der Waals surface area (Å²) in [5, 5.41) is 0. The molecule has 0 radical (unpaired) electrons. The number of hydrogen-bond acceptors (Lipinski definition) is 0. The molecular formula is C8H10F8. The molecule has 0 aromatic carbocycles. The lowest BCUT2D eigenvalue weighted by molar-refractivity contribution is -0.197. The summed E-state index contributed by atoms with van der Waals surface area (Å²) in [6, 6.07) is 0. The second-order valence-electron chi connectivity index (χ2n) is 3.32. The molecule has 98 valence electrons. The highest BCUT2D eigenvalue weighted by Crippen LogP contribution is 2.30. The van der Waals surface area contributed by atoms with Crippen molar-refractivity contribution < 1.29 is 35.1 Å². The highest BCUT2D eigenvalue weighted by molar-refractivity contribution is 4.75. The first kappa shape index (κ1) is 15.4. The van der Waals surface area contributed by atoms with Crippen molar-refractivity contribution in [3.63, 3.8) is 0 Å². The molecule has 0 N–H and O–H groups in total. The molecule has 0 bridgehead atoms. The van der Waals surface area contributed by atoms with Crippen molar-refractivity contribution in [3.05, 3.63) is 0 Å². The lowest BCUT2D eigenvalue weighted by Crippen LogP contribution is -2.33. The maximum Gasteiger partial charge on any atom is 0.422 e. The summed E-state index contributed by atoms with van der Waals surface area (Å²) in [4.78, 5) is 0. The summed E-state index contributed by atoms with van der Waals surface area (Å²) in [6.07, 6.45) is -19.2. The standard InChI is InChI=1S/C8H10F8/c9-5(6(10)8(14,15)16)3-1-2-4-7(11,12)13/h5-6H,1-4H2. The van der Waals surface area contributed by atoms with Gasteiger partial charge in [-0.2, -0.15) is 26.3 Å². The van der Waals surface area contributed by atoms with Crippen LogP contribution < -0.4 is 0 Å². The first-order valence-corrected chi connectivity index (χ1v) is 4.45. The van der Waals surface area contributed by atoms with Crippen LogP contribution in [0, 0.1) is 0 Å². The Labute approximate surface area is 86.6 Å². The fourth-order valence-corrected chi connectivity index (χ4v) is 1.02. The van der Waals surface area contributed by atoms with E-state index in [0.717, 1.165) is 0 Å². The van der Waals surface area contributed by atoms with Gasteiger partial charge < -0.3 is 0 Å². The zero-order valence-corrected chi connectivity index (χ0v) is 8.01. The van der Waals surface area contributed by atoms with Crippen molar-refractivity contribution >= 4 is 0 Å². The first-order valence-electron chi connectivity index (χ1n) is 4.45. The van der Waals surface area contributed by atoms with Gasteiger partial charge in [-0.1, -0.05) is 6.42 Å². The van der Waals surface area contributed by atoms with Gasteiger partial charge in [-0.15, -0.1) is 0 Å². The van der Waals surface area contributed by atoms with Crippen LogP contribution in [0.5, 0.6) is 0 Å². The van der Waals surface area contributed by atoms with E-state index in [0.29, 0.717) is 0 Å². The largest absolute Gasteiger partial charge is 0.422 e. The van der Waals surface area contributed by atoms with Gasteiger partial charge in [0.25, 0.3) is 0 Å². The highest BCUT2D eigenvalue weighted by atomic mass is 19.4. The zero-order valence-electron chi connectivity index (χ0n) is 8.01. The zero-order chi connectivity index (χ0) is 13.0. The molecule has 0 saturated carbocycles. The van der Waals surface area contributed by atoms with Crippen molar-refractivity contribution in [2.24, 2.45) is 0 Å². The fourth-order valence-electron chi connectivity index (χ4n) is 1.02. The third-order valence-electron chi connectivity index (χ3n) is 1.82. The van der Waals surface area contributed by atoms with E-state index in [1.165, 1.54) is 0 Å². The van der Waals surface area contributed by atoms with Crippen LogP contribution in [0.15, 0.2) is 0 Å². The number of unbranched alkanes of at least 4 members (excludes halogenated alkanes) is 1. The second kappa shape index (κ2) is 5.67. The van der Waals surface area contributed by atoms with Crippen molar-refractivity contribution in [2.45, 2.75) is 50.4 Å². The third kappa shape index (κ3) is 6.84. The first-order chi connectivity index (χ1) is 7.04. The molecule has 0 heterocycles. The summed E-state index contributed by atoms with van der Waals surface area (Å²) in [7, 11) is 0. The van der Waals surface area contributed by atoms with E-state index in [1.807, 2.05) is 0 Å². The lowest BCUT2D eigenvalue weighted by atomic mass is 10.1. The van der Waals surface area contributed by atoms with Gasteiger partial charge in [0.05, 0.1) is 0 Å². The van der Waals surface area contributed by atoms with Crippen molar-refractivity contribution in [1.29, 1.82) is 0 Å². The molecule has 0 aliphatic heterocycles. The van der Waals surface area contributed by atoms with Crippen molar-refractivity contribution in [3.8, 4) is 0 Å². The van der Waals surface area contributed by atoms with Crippen molar-refractivity contribution in [1.82, 2.24) is 0 Å². The molecule has 2 atom stereocenters. The van der Waals surface area contributed by atoms with Crippen LogP contribution in [0.1, 0.15) is 25.7 Å². The molecule has 16 heavy (non-hydrogen) atoms. The number of halogens is 8. The SMILES string of the molecule is FC(CCCCC(F)(F)F)C(F)C(F)(F)F. The molecule has 0 saturated heterocycles. The van der Waals surface area contributed by atoms with Crippen molar-refractivity contribution in [2.75, 3.05) is 0 Å². The van der Waals surface area contributed by atoms with E-state index in [9.17, 15) is 35.1 Å². The Hall–Kier alpha value is -0.560. The maximum absolute atomic E-state index is 12.5. The Morgan fingerprint density at radius 1 is 0.812 bits per heavy atom. The van der Waals surface area contributed by atoms with Crippen LogP contribution in [-0.2, 0) is 0 Å². The minimum absolute atomic E-state index is 0.433. The summed E-state index contributed by atoms with van der Waals surface area (Å²) < 4.78 is 94.3. The molecule has 2 unspecified atom stereocenters. The summed E-state index contributed by atoms with van der Waals surface area (Å²) >= 11 is 0. The number of rotatable bonds is 5. The van der Waals surface area contributed by atoms with E-state index in [1.54, 1.807) is 0 Å². The maximum atomic E-state index is 12.5. The Balaban J connectivity index is 3.78. The normalized spacial score (nSPS) is 17.2. The quantitative estimate of drug-likeness (QED) is 0.508. The molecule has 0 aliphatic rings. The van der Waals surface area contributed by atoms with E-state index >= 15 is 0 Å². The second-order valence-corrected chi connectivity index (χ2v) is 3.32. The van der Waals surface area contributed by atoms with Gasteiger partial charge in [0.1, 0.15) is 6.17 Å². The smallest absolute Gasteiger partial charge is 0.244 e. The topological polar surface area (TPSA) is 0 Å². The molecule has 8 heteroatoms. The van der Waals surface area contributed by atoms with Gasteiger partial charge in [-0.3, -0.25) is 0 Å². The molecule has 0 aromatic rings. The van der Waals surface area contributed by atoms with Crippen LogP contribution in [0.25, 0.3) is 0 Å². The summed E-state index contributed by atoms with van der Waals surface area (Å²) in [5.74, 6) is 0. The summed E-state index contributed by atoms with van der Waals surface area (Å²) in [6.45, 7) is 0. The average Bonchev–Trinajstić information content (AvgIpc) is 2.07. The van der Waals surface area contributed by atoms with E-state index in [2.05, 4.69) is 0 Å². The van der Waals surface area contributed by atoms with Crippen LogP contribution in [0.2, 0.25) is 0 Å². The molecule has 0 aromatic heterocycles. The van der Waals surface area contributed by atoms with Gasteiger partial charge >= 0.3 is 12.4 Å². The highest BCUT2D eigenvalue weighted by Gasteiger charge is 2.45. The van der Waals surface area contributed by atoms with Gasteiger partial charge in [-0.05, 0) is 12.8 Å². The number of alkyl halides is 8. The minimum atomic E-state index is -5.30. The summed E-state index contributed by atoms with van der Waals surface area (Å²) in [5.41, 5.74) is 0. The van der Waals surface area contributed by atoms with E-state index in [4.69, 9.17) is 0 Å². The van der Waals surface area contributed by atoms with Gasteiger partial charge in [0.15, 0.2) is 0 Å². The Kier molecular flexibility index (Phi) is 5.48. The average molecular weight is 258 g/mol. The molecule has 0 fully saturated rings. The molecule has 0 spiro atoms. The van der Waals surface area contributed by atoms with Crippen LogP contribution in [-0.4, -0.2) is 24.7 Å². The van der Waals surface area contributed by atoms with E-state index in [-0.39, 0.29) is 0 Å². The monoisotopic (exact) mass is 258 g/mol. The predicted octanol–water partition coefficient (Wildman–Crippen LogP) is 4.35. The Morgan fingerprint density at radius 2 is 1.31 bits per heavy atom. The minimum Gasteiger partial charge on any atom is -0.244 e. The molecular weight excluding hydrogens is 248 g/mol. The van der Waals surface area contributed by atoms with Crippen LogP contribution in [0.3, 0.4) is 0 Å². The number of hydrogen-bond donors (Lipinski definition) is 0. The Bertz CT molecular complexity index is 193. The molecule has 0 amide bonds. The van der Waals surface area contributed by atoms with E-state index < -0.39 is 50.4 Å². The third-order valence-corrected chi connectivity index (χ3v) is 1.82. The van der Waals surface area contributed by atoms with Crippen LogP contribution >= 0.6 is 0 Å². The predicted molar refractivity (Wildman–Crippen MR) is 40.4 cm³/mol. The molecule has 0 nitrogen and oxygen atoms in total. The fraction of sp³-hybridized carbons (Fsp3) is 1.00. The van der Waals surface area contributed by atoms with Crippen LogP contribution in [0.4, 0.5) is 35.1 Å². The van der Waals surface area contributed by atoms with Gasteiger partial charge in [0, 0.05) is 6.42 Å². The lowest BCUT2D eigenvalue weighted by Gasteiger charge is -2.16. The van der Waals surface area contributed by atoms with Gasteiger partial charge in [-0.25, -0.2) is 8.78 Å². The van der Waals surface area contributed by atoms with Gasteiger partial charge in [0.2, 0.25) is 6.17 Å².